The Balaban J connectivity index is 1.97. The zero-order valence-corrected chi connectivity index (χ0v) is 14.6. The third-order valence-corrected chi connectivity index (χ3v) is 5.08. The van der Waals surface area contributed by atoms with Crippen molar-refractivity contribution < 1.29 is 4.58 Å². The number of nitrogens with zero attached hydrogens (tertiary/aromatic N) is 1. The minimum Gasteiger partial charge on any atom is -0.262 e. The van der Waals surface area contributed by atoms with Gasteiger partial charge in [0, 0.05) is 19.4 Å². The lowest BCUT2D eigenvalue weighted by molar-refractivity contribution is -0.482. The number of nitrogens with one attached hydrogen (secondary N) is 1. The van der Waals surface area contributed by atoms with Crippen LogP contribution < -0.4 is 5.32 Å². The van der Waals surface area contributed by atoms with Crippen molar-refractivity contribution in [1.29, 1.82) is 0 Å². The van der Waals surface area contributed by atoms with Gasteiger partial charge in [-0.15, -0.1) is 0 Å². The predicted molar refractivity (Wildman–Crippen MR) is 96.5 cm³/mol. The standard InChI is InChI=1S/C20H37N2/c1-2-4-8-12-16-20(15-11-7-3-1)22-18-14-10-6-5-9-13-17-21-19-22/h15,18,21H,1-14,16-17,19H2/q+1/b20-15-,22-18+. The van der Waals surface area contributed by atoms with Crippen molar-refractivity contribution in [3.63, 3.8) is 0 Å². The summed E-state index contributed by atoms with van der Waals surface area (Å²) in [6, 6.07) is 0. The molecule has 0 atom stereocenters. The molecule has 2 heteroatoms. The summed E-state index contributed by atoms with van der Waals surface area (Å²) in [6.45, 7) is 2.20. The molecule has 2 rings (SSSR count). The first kappa shape index (κ1) is 17.7. The van der Waals surface area contributed by atoms with E-state index in [1.165, 1.54) is 103 Å². The molecule has 0 fully saturated rings. The third-order valence-electron chi connectivity index (χ3n) is 5.08. The van der Waals surface area contributed by atoms with E-state index in [0.29, 0.717) is 0 Å². The molecule has 126 valence electrons. The summed E-state index contributed by atoms with van der Waals surface area (Å²) < 4.78 is 2.54. The maximum Gasteiger partial charge on any atom is 0.202 e. The van der Waals surface area contributed by atoms with Gasteiger partial charge in [-0.2, -0.15) is 4.58 Å². The van der Waals surface area contributed by atoms with Crippen LogP contribution in [0, 0.1) is 0 Å². The first-order valence-corrected chi connectivity index (χ1v) is 9.96. The first-order chi connectivity index (χ1) is 11.0. The molecule has 0 bridgehead atoms. The molecule has 0 aromatic rings. The largest absolute Gasteiger partial charge is 0.262 e. The van der Waals surface area contributed by atoms with Gasteiger partial charge in [-0.1, -0.05) is 51.4 Å². The van der Waals surface area contributed by atoms with Crippen molar-refractivity contribution in [2.75, 3.05) is 13.2 Å². The average molecular weight is 306 g/mol. The van der Waals surface area contributed by atoms with Gasteiger partial charge in [-0.25, -0.2) is 0 Å². The molecule has 1 aliphatic carbocycles. The predicted octanol–water partition coefficient (Wildman–Crippen LogP) is 5.38. The minimum atomic E-state index is 1.02. The molecule has 0 aromatic carbocycles. The van der Waals surface area contributed by atoms with Gasteiger partial charge in [0.25, 0.3) is 0 Å². The van der Waals surface area contributed by atoms with Gasteiger partial charge in [-0.3, -0.25) is 5.32 Å². The van der Waals surface area contributed by atoms with Crippen LogP contribution >= 0.6 is 0 Å². The summed E-state index contributed by atoms with van der Waals surface area (Å²) in [5, 5.41) is 3.66. The van der Waals surface area contributed by atoms with Crippen LogP contribution in [0.4, 0.5) is 0 Å². The Bertz CT molecular complexity index is 310. The van der Waals surface area contributed by atoms with Crippen LogP contribution in [0.5, 0.6) is 0 Å². The fraction of sp³-hybridized carbons (Fsp3) is 0.850. The van der Waals surface area contributed by atoms with E-state index < -0.39 is 0 Å². The molecule has 2 aliphatic rings. The van der Waals surface area contributed by atoms with E-state index in [-0.39, 0.29) is 0 Å². The van der Waals surface area contributed by atoms with E-state index in [2.05, 4.69) is 22.2 Å². The topological polar surface area (TPSA) is 15.0 Å². The Morgan fingerprint density at radius 3 is 2.14 bits per heavy atom. The van der Waals surface area contributed by atoms with Crippen molar-refractivity contribution in [2.24, 2.45) is 0 Å². The molecule has 0 spiro atoms. The molecule has 1 heterocycles. The minimum absolute atomic E-state index is 1.02. The lowest BCUT2D eigenvalue weighted by Crippen LogP contribution is -2.28. The Morgan fingerprint density at radius 1 is 0.682 bits per heavy atom. The van der Waals surface area contributed by atoms with Crippen LogP contribution in [0.25, 0.3) is 0 Å². The number of allylic oxidation sites excluding steroid dienone is 2. The Morgan fingerprint density at radius 2 is 1.32 bits per heavy atom. The summed E-state index contributed by atoms with van der Waals surface area (Å²) in [5.74, 6) is 0. The zero-order valence-electron chi connectivity index (χ0n) is 14.6. The van der Waals surface area contributed by atoms with Gasteiger partial charge >= 0.3 is 0 Å². The molecular weight excluding hydrogens is 268 g/mol. The SMILES string of the molecule is C1=C(\[N+]2=C\CCCCCCCNC2)CCCCCCCCC/1. The second-order valence-corrected chi connectivity index (χ2v) is 7.08. The molecule has 1 N–H and O–H groups in total. The van der Waals surface area contributed by atoms with Gasteiger partial charge in [0.2, 0.25) is 6.67 Å². The van der Waals surface area contributed by atoms with Crippen LogP contribution in [0.15, 0.2) is 11.8 Å². The fourth-order valence-electron chi connectivity index (χ4n) is 3.62. The van der Waals surface area contributed by atoms with Gasteiger partial charge in [0.1, 0.15) is 6.21 Å². The van der Waals surface area contributed by atoms with E-state index in [1.54, 1.807) is 5.70 Å². The normalized spacial score (nSPS) is 29.1. The quantitative estimate of drug-likeness (QED) is 0.643. The number of rotatable bonds is 1. The maximum atomic E-state index is 3.66. The fourth-order valence-corrected chi connectivity index (χ4v) is 3.62. The van der Waals surface area contributed by atoms with Crippen molar-refractivity contribution in [1.82, 2.24) is 5.32 Å². The van der Waals surface area contributed by atoms with E-state index in [9.17, 15) is 0 Å². The van der Waals surface area contributed by atoms with E-state index in [1.807, 2.05) is 0 Å². The van der Waals surface area contributed by atoms with E-state index in [4.69, 9.17) is 0 Å². The molecule has 0 saturated heterocycles. The highest BCUT2D eigenvalue weighted by molar-refractivity contribution is 5.51. The molecule has 0 amide bonds. The highest BCUT2D eigenvalue weighted by atomic mass is 15.1. The monoisotopic (exact) mass is 305 g/mol. The summed E-state index contributed by atoms with van der Waals surface area (Å²) >= 11 is 0. The Hall–Kier alpha value is -0.630. The summed E-state index contributed by atoms with van der Waals surface area (Å²) in [6.07, 6.45) is 25.7. The van der Waals surface area contributed by atoms with Crippen LogP contribution in [-0.4, -0.2) is 24.0 Å². The van der Waals surface area contributed by atoms with Gasteiger partial charge in [0.05, 0.1) is 0 Å². The van der Waals surface area contributed by atoms with Gasteiger partial charge < -0.3 is 0 Å². The van der Waals surface area contributed by atoms with Crippen molar-refractivity contribution >= 4 is 6.21 Å². The lowest BCUT2D eigenvalue weighted by Gasteiger charge is -2.09. The third kappa shape index (κ3) is 7.58. The zero-order chi connectivity index (χ0) is 15.3. The first-order valence-electron chi connectivity index (χ1n) is 9.96. The van der Waals surface area contributed by atoms with Crippen molar-refractivity contribution in [3.8, 4) is 0 Å². The summed E-state index contributed by atoms with van der Waals surface area (Å²) in [4.78, 5) is 0. The van der Waals surface area contributed by atoms with Crippen LogP contribution in [-0.2, 0) is 0 Å². The highest BCUT2D eigenvalue weighted by Gasteiger charge is 2.13. The van der Waals surface area contributed by atoms with Crippen molar-refractivity contribution in [2.45, 2.75) is 96.3 Å². The molecular formula is C20H37N2+. The van der Waals surface area contributed by atoms with Gasteiger partial charge in [-0.05, 0) is 38.2 Å². The van der Waals surface area contributed by atoms with Crippen LogP contribution in [0.1, 0.15) is 96.3 Å². The molecule has 0 aromatic heterocycles. The Labute approximate surface area is 138 Å². The van der Waals surface area contributed by atoms with E-state index >= 15 is 0 Å². The summed E-state index contributed by atoms with van der Waals surface area (Å²) in [7, 11) is 0. The second kappa shape index (κ2) is 11.9. The molecule has 0 saturated carbocycles. The maximum absolute atomic E-state index is 3.66. The smallest absolute Gasteiger partial charge is 0.202 e. The number of hydrogen-bond donors (Lipinski definition) is 1. The lowest BCUT2D eigenvalue weighted by atomic mass is 10.1. The van der Waals surface area contributed by atoms with Gasteiger partial charge in [0.15, 0.2) is 5.70 Å². The molecule has 0 unspecified atom stereocenters. The second-order valence-electron chi connectivity index (χ2n) is 7.08. The molecule has 2 nitrogen and oxygen atoms in total. The molecule has 1 aliphatic heterocycles. The summed E-state index contributed by atoms with van der Waals surface area (Å²) in [5.41, 5.74) is 1.59. The average Bonchev–Trinajstić information content (AvgIpc) is 2.64. The van der Waals surface area contributed by atoms with Crippen LogP contribution in [0.3, 0.4) is 0 Å². The van der Waals surface area contributed by atoms with Crippen LogP contribution in [0.2, 0.25) is 0 Å². The van der Waals surface area contributed by atoms with E-state index in [0.717, 1.165) is 6.67 Å². The Kier molecular flexibility index (Phi) is 9.56. The highest BCUT2D eigenvalue weighted by Crippen LogP contribution is 2.17. The van der Waals surface area contributed by atoms with Crippen molar-refractivity contribution in [3.05, 3.63) is 11.8 Å². The number of hydrogen-bond acceptors (Lipinski definition) is 1. The molecule has 22 heavy (non-hydrogen) atoms. The molecule has 0 radical (unpaired) electrons.